The summed E-state index contributed by atoms with van der Waals surface area (Å²) >= 11 is 0. The van der Waals surface area contributed by atoms with E-state index in [1.54, 1.807) is 0 Å². The van der Waals surface area contributed by atoms with Crippen LogP contribution in [0.3, 0.4) is 0 Å². The molecule has 0 radical (unpaired) electrons. The lowest BCUT2D eigenvalue weighted by atomic mass is 9.94. The molecule has 1 heterocycles. The molecule has 1 aliphatic rings. The highest BCUT2D eigenvalue weighted by Crippen LogP contribution is 2.19. The summed E-state index contributed by atoms with van der Waals surface area (Å²) in [6.45, 7) is 4.51. The third kappa shape index (κ3) is 5.74. The van der Waals surface area contributed by atoms with Gasteiger partial charge in [0, 0.05) is 6.54 Å². The Morgan fingerprint density at radius 3 is 2.95 bits per heavy atom. The van der Waals surface area contributed by atoms with E-state index in [9.17, 15) is 0 Å². The fourth-order valence-corrected chi connectivity index (χ4v) is 2.75. The highest BCUT2D eigenvalue weighted by atomic mass is 16.5. The first-order valence-corrected chi connectivity index (χ1v) is 7.76. The number of nitrogens with one attached hydrogen (secondary N) is 1. The average molecular weight is 287 g/mol. The molecule has 1 saturated heterocycles. The van der Waals surface area contributed by atoms with Crippen LogP contribution in [0.1, 0.15) is 24.8 Å². The van der Waals surface area contributed by atoms with Gasteiger partial charge < -0.3 is 15.0 Å². The minimum Gasteiger partial charge on any atom is -0.479 e. The number of nitriles is 1. The van der Waals surface area contributed by atoms with Gasteiger partial charge in [-0.2, -0.15) is 5.26 Å². The number of benzene rings is 1. The summed E-state index contributed by atoms with van der Waals surface area (Å²) in [6.07, 6.45) is 3.92. The molecule has 0 atom stereocenters. The van der Waals surface area contributed by atoms with Gasteiger partial charge in [0.15, 0.2) is 6.61 Å². The lowest BCUT2D eigenvalue weighted by Gasteiger charge is -2.28. The largest absolute Gasteiger partial charge is 0.479 e. The van der Waals surface area contributed by atoms with Gasteiger partial charge in [-0.1, -0.05) is 12.1 Å². The van der Waals surface area contributed by atoms with Crippen molar-refractivity contribution in [3.8, 4) is 11.8 Å². The lowest BCUT2D eigenvalue weighted by molar-refractivity contribution is 0.211. The smallest absolute Gasteiger partial charge is 0.174 e. The molecule has 1 aromatic carbocycles. The van der Waals surface area contributed by atoms with Gasteiger partial charge in [0.05, 0.1) is 0 Å². The van der Waals surface area contributed by atoms with Gasteiger partial charge in [-0.3, -0.25) is 0 Å². The first-order chi connectivity index (χ1) is 10.3. The van der Waals surface area contributed by atoms with E-state index in [0.717, 1.165) is 24.8 Å². The molecule has 114 valence electrons. The minimum atomic E-state index is 0.104. The van der Waals surface area contributed by atoms with Crippen molar-refractivity contribution in [2.75, 3.05) is 33.3 Å². The van der Waals surface area contributed by atoms with E-state index in [4.69, 9.17) is 10.00 Å². The van der Waals surface area contributed by atoms with Crippen molar-refractivity contribution in [3.63, 3.8) is 0 Å². The monoisotopic (exact) mass is 287 g/mol. The van der Waals surface area contributed by atoms with Gasteiger partial charge in [-0.15, -0.1) is 0 Å². The van der Waals surface area contributed by atoms with Crippen molar-refractivity contribution in [2.24, 2.45) is 5.92 Å². The van der Waals surface area contributed by atoms with Crippen LogP contribution in [0.15, 0.2) is 24.3 Å². The zero-order chi connectivity index (χ0) is 14.9. The van der Waals surface area contributed by atoms with E-state index in [1.807, 2.05) is 24.3 Å². The van der Waals surface area contributed by atoms with E-state index >= 15 is 0 Å². The summed E-state index contributed by atoms with van der Waals surface area (Å²) in [4.78, 5) is 2.41. The molecule has 0 bridgehead atoms. The number of hydrogen-bond acceptors (Lipinski definition) is 4. The molecule has 4 nitrogen and oxygen atoms in total. The van der Waals surface area contributed by atoms with E-state index in [-0.39, 0.29) is 6.61 Å². The summed E-state index contributed by atoms with van der Waals surface area (Å²) in [5.74, 6) is 1.64. The molecule has 1 N–H and O–H groups in total. The van der Waals surface area contributed by atoms with Crippen LogP contribution in [0.25, 0.3) is 0 Å². The number of piperidine rings is 1. The summed E-state index contributed by atoms with van der Waals surface area (Å²) in [6, 6.07) is 9.93. The average Bonchev–Trinajstić information content (AvgIpc) is 2.52. The van der Waals surface area contributed by atoms with Crippen LogP contribution in [0.2, 0.25) is 0 Å². The molecule has 0 spiro atoms. The Balaban J connectivity index is 1.65. The Kier molecular flexibility index (Phi) is 6.52. The SMILES string of the molecule is CN1CCC(CCNCc2cccc(OCC#N)c2)CC1. The number of rotatable bonds is 7. The number of likely N-dealkylation sites (tertiary alicyclic amines) is 1. The molecule has 0 saturated carbocycles. The summed E-state index contributed by atoms with van der Waals surface area (Å²) in [5.41, 5.74) is 1.20. The van der Waals surface area contributed by atoms with E-state index in [2.05, 4.69) is 23.3 Å². The second-order valence-electron chi connectivity index (χ2n) is 5.81. The van der Waals surface area contributed by atoms with E-state index < -0.39 is 0 Å². The maximum absolute atomic E-state index is 8.52. The number of nitrogens with zero attached hydrogens (tertiary/aromatic N) is 2. The molecule has 1 aliphatic heterocycles. The zero-order valence-electron chi connectivity index (χ0n) is 12.8. The second-order valence-corrected chi connectivity index (χ2v) is 5.81. The molecule has 0 amide bonds. The Hall–Kier alpha value is -1.57. The standard InChI is InChI=1S/C17H25N3O/c1-20-10-6-15(7-11-20)5-9-19-14-16-3-2-4-17(13-16)21-12-8-18/h2-4,13,15,19H,5-7,9-12,14H2,1H3. The Bertz CT molecular complexity index is 461. The van der Waals surface area contributed by atoms with Crippen LogP contribution in [0.4, 0.5) is 0 Å². The number of hydrogen-bond donors (Lipinski definition) is 1. The van der Waals surface area contributed by atoms with Crippen molar-refractivity contribution < 1.29 is 4.74 Å². The normalized spacial score (nSPS) is 16.6. The van der Waals surface area contributed by atoms with Gasteiger partial charge in [-0.25, -0.2) is 0 Å². The van der Waals surface area contributed by atoms with Crippen LogP contribution < -0.4 is 10.1 Å². The van der Waals surface area contributed by atoms with Crippen LogP contribution in [-0.4, -0.2) is 38.2 Å². The van der Waals surface area contributed by atoms with Crippen molar-refractivity contribution >= 4 is 0 Å². The van der Waals surface area contributed by atoms with Crippen molar-refractivity contribution in [2.45, 2.75) is 25.8 Å². The maximum Gasteiger partial charge on any atom is 0.174 e. The fourth-order valence-electron chi connectivity index (χ4n) is 2.75. The van der Waals surface area contributed by atoms with Crippen molar-refractivity contribution in [1.82, 2.24) is 10.2 Å². The van der Waals surface area contributed by atoms with Gasteiger partial charge in [0.2, 0.25) is 0 Å². The number of ether oxygens (including phenoxy) is 1. The second kappa shape index (κ2) is 8.66. The van der Waals surface area contributed by atoms with Gasteiger partial charge in [0.1, 0.15) is 11.8 Å². The molecule has 2 rings (SSSR count). The molecule has 4 heteroatoms. The molecule has 0 aliphatic carbocycles. The maximum atomic E-state index is 8.52. The fraction of sp³-hybridized carbons (Fsp3) is 0.588. The molecule has 21 heavy (non-hydrogen) atoms. The predicted molar refractivity (Wildman–Crippen MR) is 84.1 cm³/mol. The molecule has 1 fully saturated rings. The van der Waals surface area contributed by atoms with Crippen LogP contribution in [-0.2, 0) is 6.54 Å². The lowest BCUT2D eigenvalue weighted by Crippen LogP contribution is -2.31. The highest BCUT2D eigenvalue weighted by molar-refractivity contribution is 5.28. The molecule has 0 aromatic heterocycles. The van der Waals surface area contributed by atoms with Crippen LogP contribution in [0, 0.1) is 17.2 Å². The van der Waals surface area contributed by atoms with Crippen molar-refractivity contribution in [1.29, 1.82) is 5.26 Å². The van der Waals surface area contributed by atoms with Gasteiger partial charge in [0.25, 0.3) is 0 Å². The summed E-state index contributed by atoms with van der Waals surface area (Å²) in [7, 11) is 2.20. The van der Waals surface area contributed by atoms with Crippen molar-refractivity contribution in [3.05, 3.63) is 29.8 Å². The first-order valence-electron chi connectivity index (χ1n) is 7.76. The Morgan fingerprint density at radius 1 is 1.38 bits per heavy atom. The van der Waals surface area contributed by atoms with Gasteiger partial charge in [-0.05, 0) is 69.6 Å². The quantitative estimate of drug-likeness (QED) is 0.782. The Morgan fingerprint density at radius 2 is 2.19 bits per heavy atom. The zero-order valence-corrected chi connectivity index (χ0v) is 12.8. The van der Waals surface area contributed by atoms with E-state index in [0.29, 0.717) is 0 Å². The van der Waals surface area contributed by atoms with Crippen LogP contribution in [0.5, 0.6) is 5.75 Å². The first kappa shape index (κ1) is 15.8. The highest BCUT2D eigenvalue weighted by Gasteiger charge is 2.15. The summed E-state index contributed by atoms with van der Waals surface area (Å²) < 4.78 is 5.31. The third-order valence-corrected chi connectivity index (χ3v) is 4.10. The van der Waals surface area contributed by atoms with Crippen LogP contribution >= 0.6 is 0 Å². The van der Waals surface area contributed by atoms with Gasteiger partial charge >= 0.3 is 0 Å². The molecule has 1 aromatic rings. The summed E-state index contributed by atoms with van der Waals surface area (Å²) in [5, 5.41) is 12.0. The topological polar surface area (TPSA) is 48.3 Å². The third-order valence-electron chi connectivity index (χ3n) is 4.10. The molecular weight excluding hydrogens is 262 g/mol. The van der Waals surface area contributed by atoms with E-state index in [1.165, 1.54) is 37.9 Å². The predicted octanol–water partition coefficient (Wildman–Crippen LogP) is 2.41. The molecule has 0 unspecified atom stereocenters. The molecular formula is C17H25N3O. The Labute approximate surface area is 127 Å². The minimum absolute atomic E-state index is 0.104.